The molecule has 5 aliphatic rings. The van der Waals surface area contributed by atoms with Crippen LogP contribution < -0.4 is 0 Å². The highest BCUT2D eigenvalue weighted by atomic mass is 16.7. The van der Waals surface area contributed by atoms with Gasteiger partial charge in [-0.2, -0.15) is 0 Å². The second-order valence-electron chi connectivity index (χ2n) is 8.16. The van der Waals surface area contributed by atoms with E-state index in [2.05, 4.69) is 19.9 Å². The quantitative estimate of drug-likeness (QED) is 0.642. The largest absolute Gasteiger partial charge is 0.350 e. The zero-order chi connectivity index (χ0) is 15.0. The molecule has 2 bridgehead atoms. The van der Waals surface area contributed by atoms with Gasteiger partial charge in [-0.15, -0.1) is 0 Å². The van der Waals surface area contributed by atoms with Gasteiger partial charge in [0.25, 0.3) is 0 Å². The van der Waals surface area contributed by atoms with Gasteiger partial charge >= 0.3 is 0 Å². The Kier molecular flexibility index (Phi) is 2.79. The molecule has 3 saturated carbocycles. The Labute approximate surface area is 127 Å². The first-order valence-electron chi connectivity index (χ1n) is 8.40. The van der Waals surface area contributed by atoms with Gasteiger partial charge in [-0.05, 0) is 46.0 Å². The maximum atomic E-state index is 12.7. The van der Waals surface area contributed by atoms with E-state index >= 15 is 0 Å². The van der Waals surface area contributed by atoms with Crippen LogP contribution in [0.3, 0.4) is 0 Å². The van der Waals surface area contributed by atoms with E-state index in [-0.39, 0.29) is 17.4 Å². The summed E-state index contributed by atoms with van der Waals surface area (Å²) < 4.78 is 12.2. The molecule has 0 unspecified atom stereocenters. The molecule has 1 aliphatic heterocycles. The standard InChI is InChI=1S/C18H26O3/c1-10-12-7-8-18(4,16(10)19)13-6-5-11-9-20-17(2,3)21-15(11)14(12)13/h6,10-12,14-15H,5,7-9H2,1-4H3/t10-,11+,12+,14-,15-,18+/m1/s1. The number of hydrogen-bond donors (Lipinski definition) is 0. The fourth-order valence-corrected chi connectivity index (χ4v) is 5.39. The fraction of sp³-hybridized carbons (Fsp3) is 0.833. The summed E-state index contributed by atoms with van der Waals surface area (Å²) in [6, 6.07) is 0. The minimum absolute atomic E-state index is 0.180. The van der Waals surface area contributed by atoms with Gasteiger partial charge in [-0.3, -0.25) is 4.79 Å². The van der Waals surface area contributed by atoms with Gasteiger partial charge < -0.3 is 9.47 Å². The minimum atomic E-state index is -0.492. The molecule has 0 N–H and O–H groups in total. The molecule has 0 radical (unpaired) electrons. The Balaban J connectivity index is 1.77. The van der Waals surface area contributed by atoms with Gasteiger partial charge in [-0.1, -0.05) is 18.6 Å². The topological polar surface area (TPSA) is 35.5 Å². The van der Waals surface area contributed by atoms with Crippen LogP contribution in [-0.4, -0.2) is 24.3 Å². The van der Waals surface area contributed by atoms with Crippen LogP contribution in [0.4, 0.5) is 0 Å². The van der Waals surface area contributed by atoms with Gasteiger partial charge in [0, 0.05) is 23.2 Å². The van der Waals surface area contributed by atoms with Gasteiger partial charge in [0.05, 0.1) is 12.7 Å². The Bertz CT molecular complexity index is 521. The third kappa shape index (κ3) is 1.77. The molecule has 1 saturated heterocycles. The van der Waals surface area contributed by atoms with Crippen LogP contribution in [0.2, 0.25) is 0 Å². The summed E-state index contributed by atoms with van der Waals surface area (Å²) in [7, 11) is 0. The SMILES string of the molecule is C[C@H]1C(=O)[C@@]2(C)CC[C@@H]1[C@@H]1C2=CC[C@H]2COC(C)(C)O[C@H]21. The molecule has 116 valence electrons. The molecule has 21 heavy (non-hydrogen) atoms. The van der Waals surface area contributed by atoms with E-state index < -0.39 is 5.79 Å². The highest BCUT2D eigenvalue weighted by molar-refractivity contribution is 5.92. The molecule has 0 spiro atoms. The van der Waals surface area contributed by atoms with E-state index in [0.29, 0.717) is 23.5 Å². The maximum Gasteiger partial charge on any atom is 0.163 e. The summed E-state index contributed by atoms with van der Waals surface area (Å²) >= 11 is 0. The number of ketones is 1. The predicted molar refractivity (Wildman–Crippen MR) is 79.6 cm³/mol. The number of carbonyl (C=O) groups excluding carboxylic acids is 1. The lowest BCUT2D eigenvalue weighted by molar-refractivity contribution is -0.308. The summed E-state index contributed by atoms with van der Waals surface area (Å²) in [5.41, 5.74) is 1.16. The van der Waals surface area contributed by atoms with Crippen LogP contribution in [0, 0.1) is 29.1 Å². The Hall–Kier alpha value is -0.670. The molecule has 5 rings (SSSR count). The highest BCUT2D eigenvalue weighted by Crippen LogP contribution is 2.60. The highest BCUT2D eigenvalue weighted by Gasteiger charge is 2.60. The van der Waals surface area contributed by atoms with E-state index in [0.717, 1.165) is 19.4 Å². The van der Waals surface area contributed by atoms with Crippen molar-refractivity contribution in [1.82, 2.24) is 0 Å². The zero-order valence-corrected chi connectivity index (χ0v) is 13.5. The molecule has 3 nitrogen and oxygen atoms in total. The number of Topliss-reactive ketones (excluding diaryl/α,β-unsaturated/α-hetero) is 1. The van der Waals surface area contributed by atoms with E-state index in [1.54, 1.807) is 0 Å². The smallest absolute Gasteiger partial charge is 0.163 e. The van der Waals surface area contributed by atoms with Crippen molar-refractivity contribution in [3.8, 4) is 0 Å². The molecule has 1 heterocycles. The van der Waals surface area contributed by atoms with E-state index in [1.165, 1.54) is 12.0 Å². The molecule has 4 fully saturated rings. The van der Waals surface area contributed by atoms with Gasteiger partial charge in [0.1, 0.15) is 5.78 Å². The number of ether oxygens (including phenoxy) is 2. The Morgan fingerprint density at radius 3 is 2.81 bits per heavy atom. The third-order valence-electron chi connectivity index (χ3n) is 6.56. The van der Waals surface area contributed by atoms with Crippen molar-refractivity contribution in [2.24, 2.45) is 29.1 Å². The van der Waals surface area contributed by atoms with Crippen molar-refractivity contribution in [3.05, 3.63) is 11.6 Å². The Morgan fingerprint density at radius 1 is 1.29 bits per heavy atom. The maximum absolute atomic E-state index is 12.7. The number of fused-ring (bicyclic) bond motifs is 3. The summed E-state index contributed by atoms with van der Waals surface area (Å²) in [4.78, 5) is 12.7. The summed E-state index contributed by atoms with van der Waals surface area (Å²) in [5, 5.41) is 0. The number of hydrogen-bond acceptors (Lipinski definition) is 3. The van der Waals surface area contributed by atoms with Crippen molar-refractivity contribution < 1.29 is 14.3 Å². The lowest BCUT2D eigenvalue weighted by Crippen LogP contribution is -2.61. The molecule has 6 atom stereocenters. The first-order chi connectivity index (χ1) is 9.83. The molecular formula is C18H26O3. The Morgan fingerprint density at radius 2 is 2.05 bits per heavy atom. The van der Waals surface area contributed by atoms with E-state index in [1.807, 2.05) is 13.8 Å². The summed E-state index contributed by atoms with van der Waals surface area (Å²) in [6.45, 7) is 9.11. The lowest BCUT2D eigenvalue weighted by atomic mass is 9.47. The molecule has 0 amide bonds. The van der Waals surface area contributed by atoms with Crippen molar-refractivity contribution in [2.45, 2.75) is 58.8 Å². The first-order valence-corrected chi connectivity index (χ1v) is 8.40. The van der Waals surface area contributed by atoms with Crippen LogP contribution in [-0.2, 0) is 14.3 Å². The van der Waals surface area contributed by atoms with Crippen LogP contribution in [0.1, 0.15) is 47.0 Å². The van der Waals surface area contributed by atoms with Gasteiger partial charge in [-0.25, -0.2) is 0 Å². The van der Waals surface area contributed by atoms with Crippen molar-refractivity contribution >= 4 is 5.78 Å². The third-order valence-corrected chi connectivity index (χ3v) is 6.56. The van der Waals surface area contributed by atoms with Crippen LogP contribution >= 0.6 is 0 Å². The average molecular weight is 290 g/mol. The predicted octanol–water partition coefficient (Wildman–Crippen LogP) is 3.34. The number of carbonyl (C=O) groups is 1. The van der Waals surface area contributed by atoms with Crippen molar-refractivity contribution in [1.29, 1.82) is 0 Å². The van der Waals surface area contributed by atoms with Crippen LogP contribution in [0.5, 0.6) is 0 Å². The zero-order valence-electron chi connectivity index (χ0n) is 13.5. The fourth-order valence-electron chi connectivity index (χ4n) is 5.39. The van der Waals surface area contributed by atoms with Crippen molar-refractivity contribution in [3.63, 3.8) is 0 Å². The second kappa shape index (κ2) is 4.20. The van der Waals surface area contributed by atoms with E-state index in [9.17, 15) is 4.79 Å². The second-order valence-corrected chi connectivity index (χ2v) is 8.16. The van der Waals surface area contributed by atoms with Gasteiger partial charge in [0.2, 0.25) is 0 Å². The molecule has 0 aromatic rings. The van der Waals surface area contributed by atoms with Gasteiger partial charge in [0.15, 0.2) is 5.79 Å². The average Bonchev–Trinajstić information content (AvgIpc) is 2.43. The molecule has 4 aliphatic carbocycles. The summed E-state index contributed by atoms with van der Waals surface area (Å²) in [5.74, 6) is 1.50. The van der Waals surface area contributed by atoms with Crippen LogP contribution in [0.25, 0.3) is 0 Å². The van der Waals surface area contributed by atoms with E-state index in [4.69, 9.17) is 9.47 Å². The summed E-state index contributed by atoms with van der Waals surface area (Å²) in [6.07, 6.45) is 5.78. The minimum Gasteiger partial charge on any atom is -0.350 e. The molecular weight excluding hydrogens is 264 g/mol. The molecule has 3 heteroatoms. The molecule has 0 aromatic carbocycles. The molecule has 0 aromatic heterocycles. The number of allylic oxidation sites excluding steroid dienone is 1. The first kappa shape index (κ1) is 14.0. The number of rotatable bonds is 0. The lowest BCUT2D eigenvalue weighted by Gasteiger charge is -2.59. The normalized spacial score (nSPS) is 51.1. The van der Waals surface area contributed by atoms with Crippen LogP contribution in [0.15, 0.2) is 11.6 Å². The van der Waals surface area contributed by atoms with Crippen molar-refractivity contribution in [2.75, 3.05) is 6.61 Å². The monoisotopic (exact) mass is 290 g/mol.